The van der Waals surface area contributed by atoms with Crippen molar-refractivity contribution in [2.45, 2.75) is 38.8 Å². The Bertz CT molecular complexity index is 809. The van der Waals surface area contributed by atoms with Crippen LogP contribution in [0.15, 0.2) is 60.8 Å². The molecule has 0 aliphatic rings. The van der Waals surface area contributed by atoms with E-state index in [1.54, 1.807) is 0 Å². The predicted octanol–water partition coefficient (Wildman–Crippen LogP) is 5.55. The second-order valence-corrected chi connectivity index (χ2v) is 6.85. The summed E-state index contributed by atoms with van der Waals surface area (Å²) in [7, 11) is 0. The first-order valence-electron chi connectivity index (χ1n) is 8.70. The molecule has 3 aromatic rings. The number of hydrogen-bond donors (Lipinski definition) is 1. The highest BCUT2D eigenvalue weighted by Crippen LogP contribution is 2.31. The van der Waals surface area contributed by atoms with Crippen LogP contribution < -0.4 is 5.73 Å². The molecule has 0 aliphatic heterocycles. The van der Waals surface area contributed by atoms with Crippen molar-refractivity contribution in [1.82, 2.24) is 9.55 Å². The molecule has 0 bridgehead atoms. The molecule has 2 aromatic carbocycles. The van der Waals surface area contributed by atoms with Gasteiger partial charge in [-0.1, -0.05) is 61.0 Å². The van der Waals surface area contributed by atoms with E-state index in [2.05, 4.69) is 35.5 Å². The van der Waals surface area contributed by atoms with Gasteiger partial charge in [0.1, 0.15) is 5.82 Å². The Balaban J connectivity index is 1.89. The first-order chi connectivity index (χ1) is 12.1. The number of hydrogen-bond acceptors (Lipinski definition) is 2. The van der Waals surface area contributed by atoms with Crippen LogP contribution in [0.25, 0.3) is 11.4 Å². The van der Waals surface area contributed by atoms with Crippen LogP contribution >= 0.6 is 11.6 Å². The van der Waals surface area contributed by atoms with E-state index in [4.69, 9.17) is 17.3 Å². The molecular formula is C21H24ClN3. The van der Waals surface area contributed by atoms with Crippen molar-refractivity contribution in [3.05, 3.63) is 77.1 Å². The van der Waals surface area contributed by atoms with Crippen LogP contribution in [0.5, 0.6) is 0 Å². The van der Waals surface area contributed by atoms with Crippen LogP contribution in [0.2, 0.25) is 5.02 Å². The maximum Gasteiger partial charge on any atom is 0.140 e. The molecule has 1 aromatic heterocycles. The third-order valence-corrected chi connectivity index (χ3v) is 4.93. The highest BCUT2D eigenvalue weighted by atomic mass is 35.5. The summed E-state index contributed by atoms with van der Waals surface area (Å²) in [5.41, 5.74) is 9.90. The summed E-state index contributed by atoms with van der Waals surface area (Å²) < 4.78 is 2.32. The van der Waals surface area contributed by atoms with Gasteiger partial charge in [0.25, 0.3) is 0 Å². The maximum atomic E-state index is 6.49. The summed E-state index contributed by atoms with van der Waals surface area (Å²) in [6, 6.07) is 18.4. The number of aryl methyl sites for hydroxylation is 1. The molecule has 0 saturated heterocycles. The number of nitrogens with zero attached hydrogens (tertiary/aromatic N) is 2. The summed E-state index contributed by atoms with van der Waals surface area (Å²) in [5.74, 6) is 1.01. The van der Waals surface area contributed by atoms with Gasteiger partial charge in [-0.05, 0) is 37.5 Å². The zero-order valence-corrected chi connectivity index (χ0v) is 15.4. The number of aromatic nitrogens is 2. The smallest absolute Gasteiger partial charge is 0.140 e. The van der Waals surface area contributed by atoms with Crippen LogP contribution in [0.4, 0.5) is 0 Å². The Labute approximate surface area is 154 Å². The predicted molar refractivity (Wildman–Crippen MR) is 105 cm³/mol. The maximum absolute atomic E-state index is 6.49. The van der Waals surface area contributed by atoms with Crippen LogP contribution in [0, 0.1) is 6.92 Å². The van der Waals surface area contributed by atoms with Crippen LogP contribution in [0.3, 0.4) is 0 Å². The largest absolute Gasteiger partial charge is 0.325 e. The third-order valence-electron chi connectivity index (χ3n) is 4.67. The van der Waals surface area contributed by atoms with E-state index in [0.29, 0.717) is 6.04 Å². The van der Waals surface area contributed by atoms with Crippen LogP contribution in [-0.4, -0.2) is 9.55 Å². The third kappa shape index (κ3) is 3.94. The molecule has 1 heterocycles. The second-order valence-electron chi connectivity index (χ2n) is 6.42. The molecule has 0 spiro atoms. The summed E-state index contributed by atoms with van der Waals surface area (Å²) in [5, 5.41) is 0.736. The zero-order valence-electron chi connectivity index (χ0n) is 14.7. The Morgan fingerprint density at radius 3 is 2.40 bits per heavy atom. The zero-order chi connectivity index (χ0) is 17.8. The molecule has 3 rings (SSSR count). The topological polar surface area (TPSA) is 43.8 Å². The monoisotopic (exact) mass is 353 g/mol. The van der Waals surface area contributed by atoms with E-state index < -0.39 is 0 Å². The van der Waals surface area contributed by atoms with Crippen molar-refractivity contribution in [3.8, 4) is 11.4 Å². The molecule has 2 unspecified atom stereocenters. The molecule has 4 heteroatoms. The average Bonchev–Trinajstić information content (AvgIpc) is 3.02. The lowest BCUT2D eigenvalue weighted by molar-refractivity contribution is 0.412. The van der Waals surface area contributed by atoms with E-state index in [0.717, 1.165) is 40.5 Å². The fraction of sp³-hybridized carbons (Fsp3) is 0.286. The Morgan fingerprint density at radius 1 is 1.08 bits per heavy atom. The highest BCUT2D eigenvalue weighted by Gasteiger charge is 2.20. The fourth-order valence-corrected chi connectivity index (χ4v) is 3.43. The van der Waals surface area contributed by atoms with Gasteiger partial charge in [-0.15, -0.1) is 0 Å². The van der Waals surface area contributed by atoms with Crippen molar-refractivity contribution in [3.63, 3.8) is 0 Å². The molecule has 0 fully saturated rings. The van der Waals surface area contributed by atoms with Gasteiger partial charge in [-0.25, -0.2) is 4.98 Å². The van der Waals surface area contributed by atoms with Gasteiger partial charge in [0.15, 0.2) is 0 Å². The van der Waals surface area contributed by atoms with E-state index in [9.17, 15) is 0 Å². The van der Waals surface area contributed by atoms with E-state index in [1.807, 2.05) is 48.7 Å². The van der Waals surface area contributed by atoms with Crippen molar-refractivity contribution in [2.75, 3.05) is 0 Å². The fourth-order valence-electron chi connectivity index (χ4n) is 3.30. The summed E-state index contributed by atoms with van der Waals surface area (Å²) in [6.45, 7) is 4.31. The number of nitrogens with two attached hydrogens (primary N) is 1. The molecule has 3 nitrogen and oxygen atoms in total. The van der Waals surface area contributed by atoms with Crippen molar-refractivity contribution < 1.29 is 0 Å². The molecule has 0 amide bonds. The minimum Gasteiger partial charge on any atom is -0.325 e. The minimum atomic E-state index is -0.0346. The summed E-state index contributed by atoms with van der Waals surface area (Å²) in [4.78, 5) is 4.65. The van der Waals surface area contributed by atoms with Gasteiger partial charge >= 0.3 is 0 Å². The normalized spacial score (nSPS) is 13.6. The van der Waals surface area contributed by atoms with Crippen LogP contribution in [-0.2, 0) is 0 Å². The molecule has 0 aliphatic carbocycles. The van der Waals surface area contributed by atoms with Gasteiger partial charge in [0.05, 0.1) is 0 Å². The molecule has 0 saturated carbocycles. The van der Waals surface area contributed by atoms with E-state index in [-0.39, 0.29) is 6.04 Å². The Morgan fingerprint density at radius 2 is 1.76 bits per heavy atom. The molecule has 0 radical (unpaired) electrons. The number of rotatable bonds is 6. The molecule has 25 heavy (non-hydrogen) atoms. The quantitative estimate of drug-likeness (QED) is 0.631. The SMILES string of the molecule is CCC(CC(N)c1ccc(Cl)cc1)n1c(C)cnc1-c1ccccc1. The van der Waals surface area contributed by atoms with Gasteiger partial charge in [0.2, 0.25) is 0 Å². The molecule has 2 N–H and O–H groups in total. The van der Waals surface area contributed by atoms with Gasteiger partial charge < -0.3 is 10.3 Å². The van der Waals surface area contributed by atoms with Crippen LogP contribution in [0.1, 0.15) is 43.1 Å². The van der Waals surface area contributed by atoms with Crippen molar-refractivity contribution >= 4 is 11.6 Å². The summed E-state index contributed by atoms with van der Waals surface area (Å²) in [6.07, 6.45) is 3.80. The molecule has 130 valence electrons. The second kappa shape index (κ2) is 7.85. The number of imidazole rings is 1. The summed E-state index contributed by atoms with van der Waals surface area (Å²) >= 11 is 5.99. The minimum absolute atomic E-state index is 0.0346. The van der Waals surface area contributed by atoms with Gasteiger partial charge in [-0.3, -0.25) is 0 Å². The van der Waals surface area contributed by atoms with Crippen molar-refractivity contribution in [1.29, 1.82) is 0 Å². The number of benzene rings is 2. The number of halogens is 1. The molecule has 2 atom stereocenters. The lowest BCUT2D eigenvalue weighted by atomic mass is 9.98. The Kier molecular flexibility index (Phi) is 5.57. The van der Waals surface area contributed by atoms with E-state index in [1.165, 1.54) is 0 Å². The molecular weight excluding hydrogens is 330 g/mol. The van der Waals surface area contributed by atoms with Gasteiger partial charge in [-0.2, -0.15) is 0 Å². The lowest BCUT2D eigenvalue weighted by Crippen LogP contribution is -2.19. The standard InChI is InChI=1S/C21H24ClN3/c1-3-19(13-20(23)16-9-11-18(22)12-10-16)25-15(2)14-24-21(25)17-7-5-4-6-8-17/h4-12,14,19-20H,3,13,23H2,1-2H3. The first kappa shape index (κ1) is 17.7. The van der Waals surface area contributed by atoms with E-state index >= 15 is 0 Å². The highest BCUT2D eigenvalue weighted by molar-refractivity contribution is 6.30. The average molecular weight is 354 g/mol. The van der Waals surface area contributed by atoms with Gasteiger partial charge in [0, 0.05) is 34.6 Å². The van der Waals surface area contributed by atoms with Crippen molar-refractivity contribution in [2.24, 2.45) is 5.73 Å². The lowest BCUT2D eigenvalue weighted by Gasteiger charge is -2.25. The first-order valence-corrected chi connectivity index (χ1v) is 9.08. The Hall–Kier alpha value is -2.10.